The Morgan fingerprint density at radius 2 is 1.69 bits per heavy atom. The number of hydrogen-bond acceptors (Lipinski definition) is 3. The number of likely N-dealkylation sites (tertiary alicyclic amines) is 1. The molecule has 3 atom stereocenters. The van der Waals surface area contributed by atoms with Gasteiger partial charge in [-0.25, -0.2) is 0 Å². The second kappa shape index (κ2) is 7.77. The van der Waals surface area contributed by atoms with Crippen LogP contribution < -0.4 is 0 Å². The van der Waals surface area contributed by atoms with Crippen LogP contribution >= 0.6 is 0 Å². The number of nitrogens with zero attached hydrogens (tertiary/aromatic N) is 3. The van der Waals surface area contributed by atoms with Crippen LogP contribution in [0.5, 0.6) is 0 Å². The lowest BCUT2D eigenvalue weighted by atomic mass is 9.67. The van der Waals surface area contributed by atoms with Crippen LogP contribution in [0.3, 0.4) is 0 Å². The highest BCUT2D eigenvalue weighted by molar-refractivity contribution is 5.28. The van der Waals surface area contributed by atoms with Gasteiger partial charge in [0.05, 0.1) is 12.1 Å². The Bertz CT molecular complexity index is 940. The Morgan fingerprint density at radius 3 is 2.45 bits per heavy atom. The van der Waals surface area contributed by atoms with E-state index in [-0.39, 0.29) is 0 Å². The maximum atomic E-state index is 11.7. The number of fused-ring (bicyclic) bond motifs is 1. The van der Waals surface area contributed by atoms with E-state index in [9.17, 15) is 5.11 Å². The fourth-order valence-corrected chi connectivity index (χ4v) is 5.50. The minimum absolute atomic E-state index is 0.317. The van der Waals surface area contributed by atoms with Crippen molar-refractivity contribution in [2.45, 2.75) is 38.0 Å². The first-order chi connectivity index (χ1) is 14.2. The minimum Gasteiger partial charge on any atom is -0.385 e. The summed E-state index contributed by atoms with van der Waals surface area (Å²) in [5.41, 5.74) is 3.10. The maximum absolute atomic E-state index is 11.7. The minimum atomic E-state index is -0.687. The molecule has 1 saturated carbocycles. The molecule has 4 nitrogen and oxygen atoms in total. The number of aromatic nitrogens is 2. The van der Waals surface area contributed by atoms with Crippen molar-refractivity contribution < 1.29 is 5.11 Å². The molecule has 3 aromatic rings. The van der Waals surface area contributed by atoms with E-state index in [0.717, 1.165) is 44.6 Å². The van der Waals surface area contributed by atoms with Crippen molar-refractivity contribution in [3.05, 3.63) is 89.7 Å². The molecule has 0 radical (unpaired) electrons. The standard InChI is InChI=1S/C25H29N3O/c29-25(23-11-2-1-3-12-23)13-6-10-22-17-27(19-24(22)25)16-20-8-4-5-9-21(20)18-28-15-7-14-26-28/h1-5,7-9,11-12,14-15,22,24,29H,6,10,13,16-19H2/t22-,24+,25+/m1/s1. The predicted molar refractivity (Wildman–Crippen MR) is 114 cm³/mol. The van der Waals surface area contributed by atoms with Gasteiger partial charge in [-0.2, -0.15) is 5.10 Å². The molecule has 150 valence electrons. The van der Waals surface area contributed by atoms with Gasteiger partial charge in [0.1, 0.15) is 0 Å². The van der Waals surface area contributed by atoms with E-state index in [0.29, 0.717) is 11.8 Å². The summed E-state index contributed by atoms with van der Waals surface area (Å²) in [7, 11) is 0. The molecule has 1 aromatic heterocycles. The summed E-state index contributed by atoms with van der Waals surface area (Å²) in [5.74, 6) is 0.893. The van der Waals surface area contributed by atoms with Gasteiger partial charge in [-0.3, -0.25) is 9.58 Å². The summed E-state index contributed by atoms with van der Waals surface area (Å²) >= 11 is 0. The third-order valence-corrected chi connectivity index (χ3v) is 6.94. The molecule has 1 aliphatic carbocycles. The normalized spacial score (nSPS) is 27.1. The molecule has 2 aromatic carbocycles. The first kappa shape index (κ1) is 18.6. The topological polar surface area (TPSA) is 41.3 Å². The van der Waals surface area contributed by atoms with Gasteiger partial charge in [-0.05, 0) is 47.9 Å². The summed E-state index contributed by atoms with van der Waals surface area (Å²) in [6.07, 6.45) is 7.06. The van der Waals surface area contributed by atoms with Crippen LogP contribution in [0.2, 0.25) is 0 Å². The van der Waals surface area contributed by atoms with Gasteiger partial charge in [0.25, 0.3) is 0 Å². The summed E-state index contributed by atoms with van der Waals surface area (Å²) < 4.78 is 1.98. The van der Waals surface area contributed by atoms with Crippen molar-refractivity contribution in [2.75, 3.05) is 13.1 Å². The molecular formula is C25H29N3O. The zero-order chi connectivity index (χ0) is 19.7. The number of hydrogen-bond donors (Lipinski definition) is 1. The fourth-order valence-electron chi connectivity index (χ4n) is 5.50. The van der Waals surface area contributed by atoms with E-state index in [4.69, 9.17) is 0 Å². The SMILES string of the molecule is O[C@]1(c2ccccc2)CCC[C@@H]2CN(Cc3ccccc3Cn3cccn3)C[C@@H]21. The Morgan fingerprint density at radius 1 is 0.931 bits per heavy atom. The van der Waals surface area contributed by atoms with Crippen LogP contribution in [0, 0.1) is 11.8 Å². The first-order valence-corrected chi connectivity index (χ1v) is 10.8. The molecule has 1 saturated heterocycles. The van der Waals surface area contributed by atoms with E-state index < -0.39 is 5.60 Å². The van der Waals surface area contributed by atoms with E-state index in [2.05, 4.69) is 58.5 Å². The quantitative estimate of drug-likeness (QED) is 0.718. The molecule has 0 spiro atoms. The highest BCUT2D eigenvalue weighted by atomic mass is 16.3. The molecular weight excluding hydrogens is 358 g/mol. The Balaban J connectivity index is 1.35. The molecule has 0 bridgehead atoms. The smallest absolute Gasteiger partial charge is 0.0939 e. The van der Waals surface area contributed by atoms with Gasteiger partial charge in [0.2, 0.25) is 0 Å². The van der Waals surface area contributed by atoms with Crippen LogP contribution in [0.4, 0.5) is 0 Å². The number of benzene rings is 2. The van der Waals surface area contributed by atoms with Crippen LogP contribution in [-0.4, -0.2) is 32.9 Å². The predicted octanol–water partition coefficient (Wildman–Crippen LogP) is 4.05. The van der Waals surface area contributed by atoms with Crippen molar-refractivity contribution in [3.63, 3.8) is 0 Å². The van der Waals surface area contributed by atoms with Crippen LogP contribution in [0.25, 0.3) is 0 Å². The third kappa shape index (κ3) is 3.63. The van der Waals surface area contributed by atoms with Gasteiger partial charge in [0.15, 0.2) is 0 Å². The van der Waals surface area contributed by atoms with E-state index >= 15 is 0 Å². The van der Waals surface area contributed by atoms with Gasteiger partial charge in [-0.15, -0.1) is 0 Å². The summed E-state index contributed by atoms with van der Waals surface area (Å²) in [5, 5.41) is 16.1. The largest absolute Gasteiger partial charge is 0.385 e. The second-order valence-electron chi connectivity index (χ2n) is 8.72. The lowest BCUT2D eigenvalue weighted by Crippen LogP contribution is -2.42. The van der Waals surface area contributed by atoms with Crippen molar-refractivity contribution in [3.8, 4) is 0 Å². The molecule has 1 aliphatic heterocycles. The van der Waals surface area contributed by atoms with Crippen LogP contribution in [-0.2, 0) is 18.7 Å². The first-order valence-electron chi connectivity index (χ1n) is 10.8. The van der Waals surface area contributed by atoms with Gasteiger partial charge >= 0.3 is 0 Å². The lowest BCUT2D eigenvalue weighted by molar-refractivity contribution is -0.0648. The van der Waals surface area contributed by atoms with Gasteiger partial charge in [-0.1, -0.05) is 54.6 Å². The molecule has 0 unspecified atom stereocenters. The molecule has 2 heterocycles. The van der Waals surface area contributed by atoms with E-state index in [1.165, 1.54) is 17.5 Å². The zero-order valence-electron chi connectivity index (χ0n) is 16.8. The Hall–Kier alpha value is -2.43. The number of aliphatic hydroxyl groups is 1. The summed E-state index contributed by atoms with van der Waals surface area (Å²) in [6.45, 7) is 3.79. The van der Waals surface area contributed by atoms with Crippen molar-refractivity contribution >= 4 is 0 Å². The average Bonchev–Trinajstić information content (AvgIpc) is 3.41. The molecule has 4 heteroatoms. The molecule has 29 heavy (non-hydrogen) atoms. The number of rotatable bonds is 5. The van der Waals surface area contributed by atoms with E-state index in [1.807, 2.05) is 29.2 Å². The monoisotopic (exact) mass is 387 g/mol. The highest BCUT2D eigenvalue weighted by Crippen LogP contribution is 2.48. The third-order valence-electron chi connectivity index (χ3n) is 6.94. The molecule has 1 N–H and O–H groups in total. The van der Waals surface area contributed by atoms with E-state index in [1.54, 1.807) is 0 Å². The summed E-state index contributed by atoms with van der Waals surface area (Å²) in [6, 6.07) is 21.0. The molecule has 0 amide bonds. The van der Waals surface area contributed by atoms with Gasteiger partial charge in [0, 0.05) is 37.9 Å². The lowest BCUT2D eigenvalue weighted by Gasteiger charge is -2.41. The maximum Gasteiger partial charge on any atom is 0.0939 e. The van der Waals surface area contributed by atoms with Crippen molar-refractivity contribution in [1.82, 2.24) is 14.7 Å². The molecule has 2 fully saturated rings. The Kier molecular flexibility index (Phi) is 4.98. The Labute approximate surface area is 172 Å². The fraction of sp³-hybridized carbons (Fsp3) is 0.400. The van der Waals surface area contributed by atoms with Crippen LogP contribution in [0.15, 0.2) is 73.1 Å². The highest BCUT2D eigenvalue weighted by Gasteiger charge is 2.49. The molecule has 5 rings (SSSR count). The van der Waals surface area contributed by atoms with Crippen molar-refractivity contribution in [2.24, 2.45) is 11.8 Å². The second-order valence-corrected chi connectivity index (χ2v) is 8.72. The zero-order valence-corrected chi connectivity index (χ0v) is 16.8. The van der Waals surface area contributed by atoms with Crippen molar-refractivity contribution in [1.29, 1.82) is 0 Å². The average molecular weight is 388 g/mol. The van der Waals surface area contributed by atoms with Gasteiger partial charge < -0.3 is 5.11 Å². The van der Waals surface area contributed by atoms with Crippen LogP contribution in [0.1, 0.15) is 36.0 Å². The molecule has 2 aliphatic rings. The summed E-state index contributed by atoms with van der Waals surface area (Å²) in [4.78, 5) is 2.55.